The maximum atomic E-state index is 12.9. The zero-order valence-electron chi connectivity index (χ0n) is 19.9. The fourth-order valence-corrected chi connectivity index (χ4v) is 8.33. The largest absolute Gasteiger partial charge is 0.469 e. The zero-order valence-corrected chi connectivity index (χ0v) is 20.7. The molecule has 4 aliphatic carbocycles. The predicted octanol–water partition coefficient (Wildman–Crippen LogP) is 6.18. The van der Waals surface area contributed by atoms with Crippen LogP contribution in [0.25, 0.3) is 0 Å². The molecule has 5 rings (SSSR count). The number of carbonyl (C=O) groups excluding carboxylic acids is 3. The van der Waals surface area contributed by atoms with Crippen LogP contribution >= 0.6 is 11.8 Å². The summed E-state index contributed by atoms with van der Waals surface area (Å²) in [6, 6.07) is 0.888. The molecular formula is C27H31FO5S. The first-order chi connectivity index (χ1) is 16.2. The summed E-state index contributed by atoms with van der Waals surface area (Å²) in [7, 11) is 0. The van der Waals surface area contributed by atoms with Gasteiger partial charge in [-0.1, -0.05) is 31.2 Å². The minimum atomic E-state index is -0.660. The first-order valence-electron chi connectivity index (χ1n) is 12.2. The maximum Gasteiger partial charge on any atom is 0.347 e. The van der Waals surface area contributed by atoms with Crippen LogP contribution in [0.4, 0.5) is 4.39 Å². The van der Waals surface area contributed by atoms with Crippen molar-refractivity contribution in [3.63, 3.8) is 0 Å². The van der Waals surface area contributed by atoms with Gasteiger partial charge < -0.3 is 9.15 Å². The molecule has 0 saturated heterocycles. The normalized spacial score (nSPS) is 36.6. The average Bonchev–Trinajstić information content (AvgIpc) is 3.37. The topological polar surface area (TPSA) is 73.6 Å². The van der Waals surface area contributed by atoms with Crippen LogP contribution in [0.5, 0.6) is 0 Å². The van der Waals surface area contributed by atoms with Gasteiger partial charge in [0.25, 0.3) is 0 Å². The number of esters is 1. The van der Waals surface area contributed by atoms with Gasteiger partial charge in [0.1, 0.15) is 17.3 Å². The standard InChI is InChI=1S/C27H31FO5S/c1-15-17(9-11-32-15)24(30)33-23-13-27(3)16(12-22(23)29)4-5-18-19-6-7-21(25(31)34-14-28)26(19,2)10-8-20(18)27/h9,11-13,18-21H,4-8,10,14H2,1-3H3/t18-,19-,20-,21+,26-,27-/m0/s1. The number of hydrogen-bond acceptors (Lipinski definition) is 6. The summed E-state index contributed by atoms with van der Waals surface area (Å²) in [6.45, 7) is 6.08. The molecule has 1 aromatic rings. The highest BCUT2D eigenvalue weighted by Gasteiger charge is 2.60. The van der Waals surface area contributed by atoms with Crippen molar-refractivity contribution in [1.29, 1.82) is 0 Å². The summed E-state index contributed by atoms with van der Waals surface area (Å²) >= 11 is 0.819. The first-order valence-corrected chi connectivity index (χ1v) is 13.1. The molecule has 0 unspecified atom stereocenters. The second-order valence-electron chi connectivity index (χ2n) is 10.8. The summed E-state index contributed by atoms with van der Waals surface area (Å²) in [6.07, 6.45) is 10.5. The molecule has 0 aromatic carbocycles. The number of ketones is 1. The van der Waals surface area contributed by atoms with E-state index < -0.39 is 12.0 Å². The van der Waals surface area contributed by atoms with E-state index in [0.717, 1.165) is 55.9 Å². The van der Waals surface area contributed by atoms with Crippen LogP contribution in [0.3, 0.4) is 0 Å². The Hall–Kier alpha value is -2.15. The predicted molar refractivity (Wildman–Crippen MR) is 126 cm³/mol. The highest BCUT2D eigenvalue weighted by Crippen LogP contribution is 2.66. The van der Waals surface area contributed by atoms with Crippen molar-refractivity contribution in [2.24, 2.45) is 34.5 Å². The fourth-order valence-electron chi connectivity index (χ4n) is 7.64. The second kappa shape index (κ2) is 8.51. The lowest BCUT2D eigenvalue weighted by Crippen LogP contribution is -2.50. The van der Waals surface area contributed by atoms with E-state index in [1.807, 2.05) is 6.08 Å². The first kappa shape index (κ1) is 23.6. The van der Waals surface area contributed by atoms with Crippen molar-refractivity contribution >= 4 is 28.6 Å². The van der Waals surface area contributed by atoms with Gasteiger partial charge in [0.05, 0.1) is 6.26 Å². The van der Waals surface area contributed by atoms with E-state index in [0.29, 0.717) is 29.1 Å². The Morgan fingerprint density at radius 1 is 1.21 bits per heavy atom. The van der Waals surface area contributed by atoms with Crippen molar-refractivity contribution in [3.8, 4) is 0 Å². The van der Waals surface area contributed by atoms with Gasteiger partial charge in [-0.2, -0.15) is 0 Å². The minimum Gasteiger partial charge on any atom is -0.469 e. The van der Waals surface area contributed by atoms with Crippen LogP contribution in [-0.2, 0) is 14.3 Å². The fraction of sp³-hybridized carbons (Fsp3) is 0.593. The Morgan fingerprint density at radius 3 is 2.71 bits per heavy atom. The van der Waals surface area contributed by atoms with E-state index in [2.05, 4.69) is 13.8 Å². The molecule has 1 heterocycles. The average molecular weight is 487 g/mol. The number of thioether (sulfide) groups is 1. The van der Waals surface area contributed by atoms with Gasteiger partial charge in [-0.05, 0) is 86.8 Å². The van der Waals surface area contributed by atoms with E-state index in [4.69, 9.17) is 9.15 Å². The number of halogens is 1. The second-order valence-corrected chi connectivity index (χ2v) is 11.7. The Kier molecular flexibility index (Phi) is 5.90. The van der Waals surface area contributed by atoms with Gasteiger partial charge >= 0.3 is 5.97 Å². The monoisotopic (exact) mass is 486 g/mol. The summed E-state index contributed by atoms with van der Waals surface area (Å²) in [5.74, 6) is 0.749. The van der Waals surface area contributed by atoms with Crippen molar-refractivity contribution < 1.29 is 27.9 Å². The number of carbonyl (C=O) groups is 3. The number of rotatable bonds is 4. The molecule has 1 aromatic heterocycles. The number of hydrogen-bond donors (Lipinski definition) is 0. The molecule has 0 spiro atoms. The van der Waals surface area contributed by atoms with Crippen LogP contribution in [0.15, 0.2) is 40.2 Å². The lowest BCUT2D eigenvalue weighted by Gasteiger charge is -2.56. The number of allylic oxidation sites excluding steroid dienone is 3. The van der Waals surface area contributed by atoms with Gasteiger partial charge in [-0.25, -0.2) is 9.18 Å². The van der Waals surface area contributed by atoms with Gasteiger partial charge in [-0.15, -0.1) is 0 Å². The van der Waals surface area contributed by atoms with Crippen LogP contribution in [0.1, 0.15) is 68.5 Å². The molecular weight excluding hydrogens is 455 g/mol. The molecule has 3 fully saturated rings. The molecule has 5 nitrogen and oxygen atoms in total. The lowest BCUT2D eigenvalue weighted by molar-refractivity contribution is -0.121. The molecule has 0 N–H and O–H groups in total. The molecule has 0 aliphatic heterocycles. The van der Waals surface area contributed by atoms with Crippen molar-refractivity contribution in [1.82, 2.24) is 0 Å². The van der Waals surface area contributed by atoms with Crippen LogP contribution in [0.2, 0.25) is 0 Å². The van der Waals surface area contributed by atoms with Crippen LogP contribution in [-0.4, -0.2) is 22.9 Å². The quantitative estimate of drug-likeness (QED) is 0.473. The van der Waals surface area contributed by atoms with E-state index in [9.17, 15) is 18.8 Å². The summed E-state index contributed by atoms with van der Waals surface area (Å²) in [4.78, 5) is 38.2. The SMILES string of the molecule is Cc1occc1C(=O)OC1=C[C@@]2(C)C(=CC1=O)CC[C@H]1[C@@H]3CC[C@H](C(=O)SCF)[C@@]3(C)CC[C@@H]12. The molecule has 0 bridgehead atoms. The number of alkyl halides is 1. The van der Waals surface area contributed by atoms with Crippen LogP contribution < -0.4 is 0 Å². The van der Waals surface area contributed by atoms with Gasteiger partial charge in [0.15, 0.2) is 10.9 Å². The van der Waals surface area contributed by atoms with Gasteiger partial charge in [0, 0.05) is 11.3 Å². The molecule has 182 valence electrons. The molecule has 0 radical (unpaired) electrons. The van der Waals surface area contributed by atoms with Crippen molar-refractivity contribution in [2.75, 3.05) is 6.01 Å². The summed E-state index contributed by atoms with van der Waals surface area (Å²) in [5.41, 5.74) is 0.964. The third-order valence-electron chi connectivity index (χ3n) is 9.39. The molecule has 7 heteroatoms. The lowest BCUT2D eigenvalue weighted by atomic mass is 9.48. The van der Waals surface area contributed by atoms with E-state index in [1.54, 1.807) is 19.1 Å². The van der Waals surface area contributed by atoms with Crippen molar-refractivity contribution in [3.05, 3.63) is 47.1 Å². The summed E-state index contributed by atoms with van der Waals surface area (Å²) in [5, 5.41) is 0.000420. The molecule has 6 atom stereocenters. The van der Waals surface area contributed by atoms with Crippen molar-refractivity contribution in [2.45, 2.75) is 59.3 Å². The Balaban J connectivity index is 1.42. The third-order valence-corrected chi connectivity index (χ3v) is 10.1. The Morgan fingerprint density at radius 2 is 2.00 bits per heavy atom. The Labute approximate surface area is 203 Å². The number of fused-ring (bicyclic) bond motifs is 5. The zero-order chi connectivity index (χ0) is 24.3. The summed E-state index contributed by atoms with van der Waals surface area (Å²) < 4.78 is 23.7. The van der Waals surface area contributed by atoms with E-state index in [-0.39, 0.29) is 33.4 Å². The molecule has 0 amide bonds. The Bertz CT molecular complexity index is 1100. The number of aryl methyl sites for hydroxylation is 1. The smallest absolute Gasteiger partial charge is 0.347 e. The van der Waals surface area contributed by atoms with Gasteiger partial charge in [-0.3, -0.25) is 9.59 Å². The van der Waals surface area contributed by atoms with E-state index >= 15 is 0 Å². The maximum absolute atomic E-state index is 12.9. The third kappa shape index (κ3) is 3.53. The van der Waals surface area contributed by atoms with Crippen LogP contribution in [0, 0.1) is 41.4 Å². The number of ether oxygens (including phenoxy) is 1. The minimum absolute atomic E-state index is 0.000420. The molecule has 4 aliphatic rings. The molecule has 3 saturated carbocycles. The van der Waals surface area contributed by atoms with Gasteiger partial charge in [0.2, 0.25) is 5.78 Å². The highest BCUT2D eigenvalue weighted by molar-refractivity contribution is 8.13. The number of furan rings is 1. The molecule has 34 heavy (non-hydrogen) atoms. The highest BCUT2D eigenvalue weighted by atomic mass is 32.2. The van der Waals surface area contributed by atoms with E-state index in [1.165, 1.54) is 6.26 Å².